The molecule has 0 aromatic heterocycles. The molecule has 0 atom stereocenters. The van der Waals surface area contributed by atoms with E-state index in [2.05, 4.69) is 0 Å². The van der Waals surface area contributed by atoms with Gasteiger partial charge in [0.15, 0.2) is 5.78 Å². The fourth-order valence-electron chi connectivity index (χ4n) is 3.65. The second-order valence-electron chi connectivity index (χ2n) is 7.39. The molecule has 0 bridgehead atoms. The Morgan fingerprint density at radius 2 is 1.47 bits per heavy atom. The van der Waals surface area contributed by atoms with Crippen molar-refractivity contribution in [1.29, 1.82) is 0 Å². The number of benzene rings is 2. The van der Waals surface area contributed by atoms with Crippen LogP contribution < -0.4 is 0 Å². The van der Waals surface area contributed by atoms with E-state index >= 15 is 0 Å². The fourth-order valence-corrected chi connectivity index (χ4v) is 4.52. The molecule has 0 fully saturated rings. The zero-order chi connectivity index (χ0) is 22.2. The summed E-state index contributed by atoms with van der Waals surface area (Å²) >= 11 is 0. The van der Waals surface area contributed by atoms with Crippen LogP contribution in [-0.4, -0.2) is 26.4 Å². The Kier molecular flexibility index (Phi) is 5.83. The highest BCUT2D eigenvalue weighted by Gasteiger charge is 2.24. The van der Waals surface area contributed by atoms with Gasteiger partial charge < -0.3 is 5.11 Å². The fraction of sp³-hybridized carbons (Fsp3) is 0.208. The first-order valence-electron chi connectivity index (χ1n) is 9.43. The lowest BCUT2D eigenvalue weighted by atomic mass is 9.86. The van der Waals surface area contributed by atoms with Gasteiger partial charge in [0.25, 0.3) is 10.1 Å². The van der Waals surface area contributed by atoms with Crippen LogP contribution in [-0.2, 0) is 19.1 Å². The molecule has 6 heteroatoms. The quantitative estimate of drug-likeness (QED) is 0.725. The average molecular weight is 425 g/mol. The summed E-state index contributed by atoms with van der Waals surface area (Å²) in [5.41, 5.74) is 5.03. The highest BCUT2D eigenvalue weighted by atomic mass is 32.2. The molecular formula is C24H24O5S. The number of phenolic OH excluding ortho intramolecular Hbond substituents is 1. The number of aromatic hydroxyl groups is 1. The predicted molar refractivity (Wildman–Crippen MR) is 117 cm³/mol. The van der Waals surface area contributed by atoms with Crippen molar-refractivity contribution in [2.24, 2.45) is 0 Å². The van der Waals surface area contributed by atoms with Crippen LogP contribution in [0, 0.1) is 13.8 Å². The van der Waals surface area contributed by atoms with Crippen molar-refractivity contribution in [3.05, 3.63) is 87.5 Å². The number of hydrogen-bond donors (Lipinski definition) is 1. The molecule has 2 aromatic carbocycles. The molecule has 0 saturated carbocycles. The minimum Gasteiger partial charge on any atom is -0.507 e. The molecule has 0 radical (unpaired) electrons. The third-order valence-corrected chi connectivity index (χ3v) is 6.51. The number of allylic oxidation sites excluding steroid dienone is 5. The standard InChI is InChI=1S/C24H24O5S/c1-14-10-18(11-15(2)23(14)25)22(19-12-16(3)24(26)17(4)13-19)20-8-6-7-9-21(20)30(27,28)29-5/h6-13,25H,1-5H3. The largest absolute Gasteiger partial charge is 0.507 e. The molecule has 1 aliphatic carbocycles. The Morgan fingerprint density at radius 3 is 2.00 bits per heavy atom. The van der Waals surface area contributed by atoms with Crippen LogP contribution in [0.1, 0.15) is 36.1 Å². The van der Waals surface area contributed by atoms with Gasteiger partial charge in [-0.15, -0.1) is 0 Å². The Bertz CT molecular complexity index is 1200. The van der Waals surface area contributed by atoms with Gasteiger partial charge in [0.1, 0.15) is 10.6 Å². The summed E-state index contributed by atoms with van der Waals surface area (Å²) in [6, 6.07) is 10.2. The minimum atomic E-state index is -3.98. The van der Waals surface area contributed by atoms with Crippen molar-refractivity contribution in [3.63, 3.8) is 0 Å². The van der Waals surface area contributed by atoms with Crippen LogP contribution in [0.15, 0.2) is 70.2 Å². The molecule has 0 heterocycles. The van der Waals surface area contributed by atoms with E-state index in [4.69, 9.17) is 4.18 Å². The van der Waals surface area contributed by atoms with E-state index in [-0.39, 0.29) is 16.4 Å². The number of phenols is 1. The van der Waals surface area contributed by atoms with E-state index in [0.29, 0.717) is 39.0 Å². The SMILES string of the molecule is COS(=O)(=O)c1ccccc1C(=C1C=C(C)C(=O)C(C)=C1)c1cc(C)c(O)c(C)c1. The predicted octanol–water partition coefficient (Wildman–Crippen LogP) is 4.62. The van der Waals surface area contributed by atoms with E-state index in [1.165, 1.54) is 6.07 Å². The number of carbonyl (C=O) groups is 1. The van der Waals surface area contributed by atoms with Crippen molar-refractivity contribution in [2.75, 3.05) is 7.11 Å². The second-order valence-corrected chi connectivity index (χ2v) is 9.07. The van der Waals surface area contributed by atoms with Crippen LogP contribution in [0.5, 0.6) is 5.75 Å². The van der Waals surface area contributed by atoms with Gasteiger partial charge >= 0.3 is 0 Å². The summed E-state index contributed by atoms with van der Waals surface area (Å²) in [5, 5.41) is 10.2. The molecule has 5 nitrogen and oxygen atoms in total. The van der Waals surface area contributed by atoms with Gasteiger partial charge in [0.2, 0.25) is 0 Å². The Balaban J connectivity index is 2.47. The number of aryl methyl sites for hydroxylation is 2. The number of Topliss-reactive ketones (excluding diaryl/α,β-unsaturated/α-hetero) is 1. The zero-order valence-corrected chi connectivity index (χ0v) is 18.4. The van der Waals surface area contributed by atoms with E-state index in [0.717, 1.165) is 12.7 Å². The normalized spacial score (nSPS) is 14.4. The Morgan fingerprint density at radius 1 is 0.933 bits per heavy atom. The third-order valence-electron chi connectivity index (χ3n) is 5.17. The van der Waals surface area contributed by atoms with Gasteiger partial charge in [-0.1, -0.05) is 18.2 Å². The number of rotatable bonds is 4. The van der Waals surface area contributed by atoms with Gasteiger partial charge in [-0.05, 0) is 97.0 Å². The number of ketones is 1. The summed E-state index contributed by atoms with van der Waals surface area (Å²) in [7, 11) is -2.85. The molecule has 0 amide bonds. The molecule has 0 spiro atoms. The highest BCUT2D eigenvalue weighted by Crippen LogP contribution is 2.37. The smallest absolute Gasteiger partial charge is 0.297 e. The summed E-state index contributed by atoms with van der Waals surface area (Å²) < 4.78 is 30.1. The van der Waals surface area contributed by atoms with Crippen molar-refractivity contribution in [1.82, 2.24) is 0 Å². The lowest BCUT2D eigenvalue weighted by Gasteiger charge is -2.20. The van der Waals surface area contributed by atoms with E-state index in [1.807, 2.05) is 12.1 Å². The van der Waals surface area contributed by atoms with E-state index in [1.54, 1.807) is 58.0 Å². The van der Waals surface area contributed by atoms with Gasteiger partial charge in [-0.3, -0.25) is 8.98 Å². The first kappa shape index (κ1) is 21.7. The summed E-state index contributed by atoms with van der Waals surface area (Å²) in [6.45, 7) is 7.06. The molecule has 30 heavy (non-hydrogen) atoms. The molecule has 3 rings (SSSR count). The van der Waals surface area contributed by atoms with Crippen molar-refractivity contribution < 1.29 is 22.5 Å². The van der Waals surface area contributed by atoms with E-state index in [9.17, 15) is 18.3 Å². The van der Waals surface area contributed by atoms with Gasteiger partial charge in [0, 0.05) is 5.56 Å². The molecule has 156 valence electrons. The minimum absolute atomic E-state index is 0.0346. The van der Waals surface area contributed by atoms with E-state index < -0.39 is 10.1 Å². The average Bonchev–Trinajstić information content (AvgIpc) is 2.70. The summed E-state index contributed by atoms with van der Waals surface area (Å²) in [6.07, 6.45) is 3.52. The van der Waals surface area contributed by atoms with Gasteiger partial charge in [-0.25, -0.2) is 0 Å². The first-order chi connectivity index (χ1) is 14.1. The maximum Gasteiger partial charge on any atom is 0.297 e. The highest BCUT2D eigenvalue weighted by molar-refractivity contribution is 7.86. The molecule has 0 aliphatic heterocycles. The van der Waals surface area contributed by atoms with Crippen molar-refractivity contribution in [3.8, 4) is 5.75 Å². The van der Waals surface area contributed by atoms with Gasteiger partial charge in [-0.2, -0.15) is 8.42 Å². The summed E-state index contributed by atoms with van der Waals surface area (Å²) in [5.74, 6) is 0.145. The summed E-state index contributed by atoms with van der Waals surface area (Å²) in [4.78, 5) is 12.3. The molecule has 2 aromatic rings. The topological polar surface area (TPSA) is 80.7 Å². The van der Waals surface area contributed by atoms with Crippen molar-refractivity contribution >= 4 is 21.5 Å². The van der Waals surface area contributed by atoms with Crippen LogP contribution in [0.3, 0.4) is 0 Å². The molecule has 0 saturated heterocycles. The molecule has 1 N–H and O–H groups in total. The van der Waals surface area contributed by atoms with Crippen LogP contribution >= 0.6 is 0 Å². The molecule has 1 aliphatic rings. The number of carbonyl (C=O) groups excluding carboxylic acids is 1. The van der Waals surface area contributed by atoms with Crippen LogP contribution in [0.25, 0.3) is 5.57 Å². The Labute approximate surface area is 177 Å². The van der Waals surface area contributed by atoms with Crippen LogP contribution in [0.2, 0.25) is 0 Å². The molecular weight excluding hydrogens is 400 g/mol. The lowest BCUT2D eigenvalue weighted by Crippen LogP contribution is -2.10. The Hall–Kier alpha value is -2.96. The molecule has 0 unspecified atom stereocenters. The number of hydrogen-bond acceptors (Lipinski definition) is 5. The van der Waals surface area contributed by atoms with Gasteiger partial charge in [0.05, 0.1) is 7.11 Å². The zero-order valence-electron chi connectivity index (χ0n) is 17.6. The lowest BCUT2D eigenvalue weighted by molar-refractivity contribution is -0.112. The second kappa shape index (κ2) is 8.05. The van der Waals surface area contributed by atoms with Crippen LogP contribution in [0.4, 0.5) is 0 Å². The van der Waals surface area contributed by atoms with Crippen molar-refractivity contribution in [2.45, 2.75) is 32.6 Å². The first-order valence-corrected chi connectivity index (χ1v) is 10.8. The monoisotopic (exact) mass is 424 g/mol. The third kappa shape index (κ3) is 3.88. The maximum atomic E-state index is 12.6. The maximum absolute atomic E-state index is 12.6.